The van der Waals surface area contributed by atoms with Gasteiger partial charge in [0.15, 0.2) is 5.82 Å². The SMILES string of the molecule is CC(Cc1nc(CC2CCCNC2)no1)C(C)(C)C. The standard InChI is InChI=1S/C15H27N3O/c1-11(15(2,3)4)8-14-17-13(18-19-14)9-12-6-5-7-16-10-12/h11-12,16H,5-10H2,1-4H3. The topological polar surface area (TPSA) is 51.0 Å². The van der Waals surface area contributed by atoms with Crippen LogP contribution >= 0.6 is 0 Å². The molecular weight excluding hydrogens is 238 g/mol. The van der Waals surface area contributed by atoms with E-state index in [-0.39, 0.29) is 5.41 Å². The van der Waals surface area contributed by atoms with Crippen LogP contribution in [-0.4, -0.2) is 23.2 Å². The van der Waals surface area contributed by atoms with Gasteiger partial charge < -0.3 is 9.84 Å². The van der Waals surface area contributed by atoms with E-state index in [4.69, 9.17) is 4.52 Å². The van der Waals surface area contributed by atoms with Gasteiger partial charge in [0.2, 0.25) is 5.89 Å². The van der Waals surface area contributed by atoms with Crippen LogP contribution in [0.4, 0.5) is 0 Å². The number of nitrogens with one attached hydrogen (secondary N) is 1. The Labute approximate surface area is 116 Å². The van der Waals surface area contributed by atoms with Crippen LogP contribution in [0.3, 0.4) is 0 Å². The molecule has 0 radical (unpaired) electrons. The molecule has 0 aromatic carbocycles. The molecule has 2 rings (SSSR count). The van der Waals surface area contributed by atoms with Crippen molar-refractivity contribution in [2.24, 2.45) is 17.3 Å². The summed E-state index contributed by atoms with van der Waals surface area (Å²) >= 11 is 0. The fraction of sp³-hybridized carbons (Fsp3) is 0.867. The van der Waals surface area contributed by atoms with Crippen molar-refractivity contribution in [3.8, 4) is 0 Å². The first kappa shape index (κ1) is 14.5. The van der Waals surface area contributed by atoms with Gasteiger partial charge in [0, 0.05) is 12.8 Å². The molecule has 0 bridgehead atoms. The van der Waals surface area contributed by atoms with Gasteiger partial charge in [-0.15, -0.1) is 0 Å². The third-order valence-corrected chi connectivity index (χ3v) is 4.34. The van der Waals surface area contributed by atoms with Crippen LogP contribution in [0.2, 0.25) is 0 Å². The summed E-state index contributed by atoms with van der Waals surface area (Å²) in [6, 6.07) is 0. The predicted molar refractivity (Wildman–Crippen MR) is 75.9 cm³/mol. The van der Waals surface area contributed by atoms with Crippen LogP contribution in [0.15, 0.2) is 4.52 Å². The summed E-state index contributed by atoms with van der Waals surface area (Å²) in [4.78, 5) is 4.55. The number of hydrogen-bond acceptors (Lipinski definition) is 4. The minimum atomic E-state index is 0.280. The number of aromatic nitrogens is 2. The van der Waals surface area contributed by atoms with Gasteiger partial charge in [-0.1, -0.05) is 32.9 Å². The van der Waals surface area contributed by atoms with Crippen LogP contribution in [0.5, 0.6) is 0 Å². The van der Waals surface area contributed by atoms with Crippen LogP contribution < -0.4 is 5.32 Å². The van der Waals surface area contributed by atoms with E-state index in [2.05, 4.69) is 43.2 Å². The second-order valence-electron chi connectivity index (χ2n) is 6.99. The van der Waals surface area contributed by atoms with Crippen molar-refractivity contribution in [2.45, 2.75) is 53.4 Å². The van der Waals surface area contributed by atoms with E-state index in [0.29, 0.717) is 11.8 Å². The number of rotatable bonds is 4. The van der Waals surface area contributed by atoms with Gasteiger partial charge in [0.05, 0.1) is 0 Å². The molecule has 1 aliphatic heterocycles. The Morgan fingerprint density at radius 3 is 2.84 bits per heavy atom. The largest absolute Gasteiger partial charge is 0.339 e. The molecule has 1 aromatic rings. The molecule has 4 heteroatoms. The Morgan fingerprint density at radius 1 is 1.42 bits per heavy atom. The maximum atomic E-state index is 5.39. The summed E-state index contributed by atoms with van der Waals surface area (Å²) in [5.74, 6) is 2.88. The average Bonchev–Trinajstić information content (AvgIpc) is 2.76. The zero-order valence-electron chi connectivity index (χ0n) is 12.7. The van der Waals surface area contributed by atoms with Gasteiger partial charge in [0.1, 0.15) is 0 Å². The van der Waals surface area contributed by atoms with E-state index in [1.54, 1.807) is 0 Å². The van der Waals surface area contributed by atoms with Crippen LogP contribution in [0, 0.1) is 17.3 Å². The molecule has 2 unspecified atom stereocenters. The second kappa shape index (κ2) is 6.04. The van der Waals surface area contributed by atoms with Crippen molar-refractivity contribution in [3.05, 3.63) is 11.7 Å². The Kier molecular flexibility index (Phi) is 4.61. The lowest BCUT2D eigenvalue weighted by atomic mass is 9.80. The predicted octanol–water partition coefficient (Wildman–Crippen LogP) is 2.84. The van der Waals surface area contributed by atoms with E-state index < -0.39 is 0 Å². The average molecular weight is 265 g/mol. The first-order chi connectivity index (χ1) is 8.95. The van der Waals surface area contributed by atoms with Gasteiger partial charge in [-0.3, -0.25) is 0 Å². The number of nitrogens with zero attached hydrogens (tertiary/aromatic N) is 2. The van der Waals surface area contributed by atoms with E-state index in [1.165, 1.54) is 12.8 Å². The smallest absolute Gasteiger partial charge is 0.226 e. The van der Waals surface area contributed by atoms with E-state index in [9.17, 15) is 0 Å². The third kappa shape index (κ3) is 4.30. The first-order valence-electron chi connectivity index (χ1n) is 7.47. The molecule has 0 spiro atoms. The summed E-state index contributed by atoms with van der Waals surface area (Å²) in [6.07, 6.45) is 4.35. The molecule has 0 amide bonds. The molecule has 108 valence electrons. The lowest BCUT2D eigenvalue weighted by molar-refractivity contribution is 0.236. The van der Waals surface area contributed by atoms with Gasteiger partial charge in [0.25, 0.3) is 0 Å². The van der Waals surface area contributed by atoms with E-state index >= 15 is 0 Å². The number of hydrogen-bond donors (Lipinski definition) is 1. The summed E-state index contributed by atoms with van der Waals surface area (Å²) in [5, 5.41) is 7.56. The highest BCUT2D eigenvalue weighted by Gasteiger charge is 2.23. The number of piperidine rings is 1. The highest BCUT2D eigenvalue weighted by molar-refractivity contribution is 4.91. The lowest BCUT2D eigenvalue weighted by Crippen LogP contribution is -2.31. The fourth-order valence-electron chi connectivity index (χ4n) is 2.38. The Morgan fingerprint density at radius 2 is 2.21 bits per heavy atom. The van der Waals surface area contributed by atoms with Gasteiger partial charge in [-0.2, -0.15) is 4.98 Å². The highest BCUT2D eigenvalue weighted by Crippen LogP contribution is 2.28. The molecule has 1 aliphatic rings. The van der Waals surface area contributed by atoms with Gasteiger partial charge >= 0.3 is 0 Å². The molecule has 1 aromatic heterocycles. The molecular formula is C15H27N3O. The van der Waals surface area contributed by atoms with Crippen molar-refractivity contribution in [3.63, 3.8) is 0 Å². The molecule has 1 fully saturated rings. The molecule has 1 saturated heterocycles. The van der Waals surface area contributed by atoms with Gasteiger partial charge in [-0.25, -0.2) is 0 Å². The van der Waals surface area contributed by atoms with Crippen LogP contribution in [-0.2, 0) is 12.8 Å². The maximum Gasteiger partial charge on any atom is 0.226 e. The zero-order valence-corrected chi connectivity index (χ0v) is 12.7. The Bertz CT molecular complexity index is 388. The second-order valence-corrected chi connectivity index (χ2v) is 6.99. The normalized spacial score (nSPS) is 22.4. The van der Waals surface area contributed by atoms with Crippen molar-refractivity contribution < 1.29 is 4.52 Å². The summed E-state index contributed by atoms with van der Waals surface area (Å²) in [7, 11) is 0. The summed E-state index contributed by atoms with van der Waals surface area (Å²) in [5.41, 5.74) is 0.280. The van der Waals surface area contributed by atoms with Crippen molar-refractivity contribution >= 4 is 0 Å². The molecule has 0 saturated carbocycles. The Hall–Kier alpha value is -0.900. The van der Waals surface area contributed by atoms with Crippen molar-refractivity contribution in [2.75, 3.05) is 13.1 Å². The van der Waals surface area contributed by atoms with Crippen LogP contribution in [0.1, 0.15) is 52.3 Å². The molecule has 0 aliphatic carbocycles. The highest BCUT2D eigenvalue weighted by atomic mass is 16.5. The van der Waals surface area contributed by atoms with Crippen molar-refractivity contribution in [1.29, 1.82) is 0 Å². The zero-order chi connectivity index (χ0) is 13.9. The monoisotopic (exact) mass is 265 g/mol. The maximum absolute atomic E-state index is 5.39. The van der Waals surface area contributed by atoms with E-state index in [0.717, 1.165) is 37.6 Å². The lowest BCUT2D eigenvalue weighted by Gasteiger charge is -2.25. The minimum Gasteiger partial charge on any atom is -0.339 e. The molecule has 1 N–H and O–H groups in total. The Balaban J connectivity index is 1.88. The van der Waals surface area contributed by atoms with E-state index in [1.807, 2.05) is 0 Å². The first-order valence-corrected chi connectivity index (χ1v) is 7.47. The van der Waals surface area contributed by atoms with Gasteiger partial charge in [-0.05, 0) is 43.2 Å². The summed E-state index contributed by atoms with van der Waals surface area (Å²) in [6.45, 7) is 11.2. The fourth-order valence-corrected chi connectivity index (χ4v) is 2.38. The summed E-state index contributed by atoms with van der Waals surface area (Å²) < 4.78 is 5.39. The molecule has 19 heavy (non-hydrogen) atoms. The molecule has 2 heterocycles. The van der Waals surface area contributed by atoms with Crippen molar-refractivity contribution in [1.82, 2.24) is 15.5 Å². The minimum absolute atomic E-state index is 0.280. The quantitative estimate of drug-likeness (QED) is 0.909. The molecule has 4 nitrogen and oxygen atoms in total. The molecule has 2 atom stereocenters. The van der Waals surface area contributed by atoms with Crippen LogP contribution in [0.25, 0.3) is 0 Å². The third-order valence-electron chi connectivity index (χ3n) is 4.34.